The molecule has 13 nitrogen and oxygen atoms in total. The molecule has 48 heavy (non-hydrogen) atoms. The number of hydrogen-bond donors (Lipinski definition) is 2. The zero-order valence-corrected chi connectivity index (χ0v) is 27.2. The first-order valence-electron chi connectivity index (χ1n) is 15.5. The minimum absolute atomic E-state index is 0.0206. The number of anilines is 1. The van der Waals surface area contributed by atoms with Crippen molar-refractivity contribution in [1.29, 1.82) is 5.26 Å². The van der Waals surface area contributed by atoms with Gasteiger partial charge in [0.05, 0.1) is 12.2 Å². The summed E-state index contributed by atoms with van der Waals surface area (Å²) in [6, 6.07) is 9.43. The molecule has 3 fully saturated rings. The van der Waals surface area contributed by atoms with Crippen LogP contribution in [0.15, 0.2) is 30.5 Å². The number of nitriles is 1. The Morgan fingerprint density at radius 3 is 2.23 bits per heavy atom. The zero-order valence-electron chi connectivity index (χ0n) is 26.5. The summed E-state index contributed by atoms with van der Waals surface area (Å²) < 4.78 is 37.2. The lowest BCUT2D eigenvalue weighted by Gasteiger charge is -2.37. The Bertz CT molecular complexity index is 1450. The van der Waals surface area contributed by atoms with Crippen LogP contribution in [0.3, 0.4) is 0 Å². The van der Waals surface area contributed by atoms with Crippen molar-refractivity contribution in [2.24, 2.45) is 5.92 Å². The summed E-state index contributed by atoms with van der Waals surface area (Å²) in [6.07, 6.45) is -0.585. The Morgan fingerprint density at radius 1 is 1.06 bits per heavy atom. The van der Waals surface area contributed by atoms with Crippen LogP contribution in [0.1, 0.15) is 47.4 Å². The van der Waals surface area contributed by atoms with Gasteiger partial charge in [-0.05, 0) is 63.5 Å². The van der Waals surface area contributed by atoms with Gasteiger partial charge in [0.15, 0.2) is 5.82 Å². The molecule has 260 valence electrons. The van der Waals surface area contributed by atoms with Crippen LogP contribution in [0.25, 0.3) is 0 Å². The Hall–Kier alpha value is -4.04. The number of carbonyl (C=O) groups excluding carboxylic acids is 2. The van der Waals surface area contributed by atoms with E-state index >= 15 is 0 Å². The maximum atomic E-state index is 13.3. The SMILES string of the molecule is CN1CCN(C(=O)C2CCN(Cc3ccc(C(=O)NN(c4nc(C#N)ncc4Cl)C4CCOCC4)cc3)CC2)CC1.O=C(O)C(F)(F)F. The Morgan fingerprint density at radius 2 is 1.67 bits per heavy atom. The number of halogens is 4. The molecule has 4 heterocycles. The number of hydrazine groups is 1. The number of nitrogens with one attached hydrogen (secondary N) is 1. The van der Waals surface area contributed by atoms with E-state index in [4.69, 9.17) is 26.2 Å². The Kier molecular flexibility index (Phi) is 12.9. The Balaban J connectivity index is 0.000000671. The summed E-state index contributed by atoms with van der Waals surface area (Å²) in [5, 5.41) is 18.3. The molecule has 0 spiro atoms. The third-order valence-corrected chi connectivity index (χ3v) is 8.71. The number of likely N-dealkylation sites (N-methyl/N-ethyl adjacent to an activating group) is 1. The van der Waals surface area contributed by atoms with Crippen LogP contribution in [0.5, 0.6) is 0 Å². The summed E-state index contributed by atoms with van der Waals surface area (Å²) in [4.78, 5) is 50.0. The number of rotatable bonds is 7. The largest absolute Gasteiger partial charge is 0.490 e. The average molecular weight is 695 g/mol. The second kappa shape index (κ2) is 16.9. The summed E-state index contributed by atoms with van der Waals surface area (Å²) in [7, 11) is 2.10. The number of alkyl halides is 3. The predicted molar refractivity (Wildman–Crippen MR) is 168 cm³/mol. The minimum atomic E-state index is -5.08. The number of likely N-dealkylation sites (tertiary alicyclic amines) is 1. The maximum absolute atomic E-state index is 13.3. The van der Waals surface area contributed by atoms with Gasteiger partial charge in [-0.3, -0.25) is 24.9 Å². The smallest absolute Gasteiger partial charge is 0.475 e. The van der Waals surface area contributed by atoms with E-state index in [9.17, 15) is 28.0 Å². The minimum Gasteiger partial charge on any atom is -0.475 e. The fourth-order valence-electron chi connectivity index (χ4n) is 5.66. The van der Waals surface area contributed by atoms with Crippen molar-refractivity contribution in [3.8, 4) is 6.07 Å². The fraction of sp³-hybridized carbons (Fsp3) is 0.548. The second-order valence-electron chi connectivity index (χ2n) is 11.8. The van der Waals surface area contributed by atoms with Crippen molar-refractivity contribution in [3.63, 3.8) is 0 Å². The lowest BCUT2D eigenvalue weighted by molar-refractivity contribution is -0.192. The normalized spacial score (nSPS) is 18.3. The van der Waals surface area contributed by atoms with Gasteiger partial charge in [0.25, 0.3) is 5.91 Å². The first kappa shape index (κ1) is 36.8. The van der Waals surface area contributed by atoms with E-state index in [1.807, 2.05) is 35.2 Å². The highest BCUT2D eigenvalue weighted by molar-refractivity contribution is 6.32. The molecule has 2 N–H and O–H groups in total. The van der Waals surface area contributed by atoms with E-state index in [0.717, 1.165) is 64.2 Å². The van der Waals surface area contributed by atoms with Crippen LogP contribution in [-0.2, 0) is 20.9 Å². The van der Waals surface area contributed by atoms with Gasteiger partial charge in [0.1, 0.15) is 11.1 Å². The standard InChI is InChI=1S/C29H37ClN8O3.C2HF3O2/c1-35-12-14-37(15-13-35)29(40)23-6-10-36(11-7-23)20-21-2-4-22(5-3-21)28(39)34-38(24-8-16-41-17-9-24)27-25(30)19-32-26(18-31)33-27;3-2(4,5)1(6)7/h2-5,19,23-24H,6-17,20H2,1H3,(H,34,39);(H,6,7). The van der Waals surface area contributed by atoms with Gasteiger partial charge in [0, 0.05) is 57.4 Å². The number of carbonyl (C=O) groups is 3. The molecular formula is C31H38ClF3N8O5. The van der Waals surface area contributed by atoms with Crippen LogP contribution in [0.4, 0.5) is 19.0 Å². The van der Waals surface area contributed by atoms with Gasteiger partial charge < -0.3 is 19.6 Å². The first-order chi connectivity index (χ1) is 22.8. The van der Waals surface area contributed by atoms with Gasteiger partial charge in [-0.15, -0.1) is 0 Å². The molecular weight excluding hydrogens is 657 g/mol. The molecule has 5 rings (SSSR count). The highest BCUT2D eigenvalue weighted by Crippen LogP contribution is 2.27. The van der Waals surface area contributed by atoms with Crippen LogP contribution >= 0.6 is 11.6 Å². The third kappa shape index (κ3) is 10.2. The quantitative estimate of drug-likeness (QED) is 0.411. The molecule has 0 radical (unpaired) electrons. The fourth-order valence-corrected chi connectivity index (χ4v) is 5.84. The topological polar surface area (TPSA) is 155 Å². The molecule has 0 saturated carbocycles. The number of piperazine rings is 1. The number of carboxylic acids is 1. The molecule has 2 amide bonds. The highest BCUT2D eigenvalue weighted by Gasteiger charge is 2.38. The number of ether oxygens (including phenoxy) is 1. The van der Waals surface area contributed by atoms with Crippen LogP contribution in [0.2, 0.25) is 5.02 Å². The van der Waals surface area contributed by atoms with Crippen LogP contribution < -0.4 is 10.4 Å². The highest BCUT2D eigenvalue weighted by atomic mass is 35.5. The maximum Gasteiger partial charge on any atom is 0.490 e. The molecule has 0 atom stereocenters. The molecule has 0 unspecified atom stereocenters. The van der Waals surface area contributed by atoms with Gasteiger partial charge in [-0.2, -0.15) is 23.4 Å². The van der Waals surface area contributed by atoms with Crippen molar-refractivity contribution in [2.45, 2.75) is 44.4 Å². The number of hydrogen-bond acceptors (Lipinski definition) is 10. The number of piperidine rings is 1. The number of amides is 2. The third-order valence-electron chi connectivity index (χ3n) is 8.45. The second-order valence-corrected chi connectivity index (χ2v) is 12.2. The summed E-state index contributed by atoms with van der Waals surface area (Å²) in [6.45, 7) is 7.21. The Labute approximate surface area is 281 Å². The first-order valence-corrected chi connectivity index (χ1v) is 15.9. The van der Waals surface area contributed by atoms with E-state index < -0.39 is 12.1 Å². The number of benzene rings is 1. The number of aromatic nitrogens is 2. The molecule has 3 saturated heterocycles. The zero-order chi connectivity index (χ0) is 34.8. The number of nitrogens with zero attached hydrogens (tertiary/aromatic N) is 7. The molecule has 17 heteroatoms. The van der Waals surface area contributed by atoms with Crippen molar-refractivity contribution < 1.29 is 37.4 Å². The molecule has 3 aliphatic rings. The molecule has 1 aromatic heterocycles. The van der Waals surface area contributed by atoms with E-state index in [1.54, 1.807) is 5.01 Å². The number of carboxylic acid groups (broad SMARTS) is 1. The molecule has 2 aromatic rings. The summed E-state index contributed by atoms with van der Waals surface area (Å²) in [5.74, 6) is -2.34. The predicted octanol–water partition coefficient (Wildman–Crippen LogP) is 2.95. The molecule has 1 aromatic carbocycles. The van der Waals surface area contributed by atoms with Gasteiger partial charge >= 0.3 is 12.1 Å². The average Bonchev–Trinajstić information content (AvgIpc) is 3.08. The summed E-state index contributed by atoms with van der Waals surface area (Å²) >= 11 is 6.39. The van der Waals surface area contributed by atoms with Gasteiger partial charge in [-0.1, -0.05) is 23.7 Å². The van der Waals surface area contributed by atoms with Crippen molar-refractivity contribution in [1.82, 2.24) is 30.1 Å². The van der Waals surface area contributed by atoms with Crippen LogP contribution in [0, 0.1) is 17.2 Å². The summed E-state index contributed by atoms with van der Waals surface area (Å²) in [5.41, 5.74) is 4.59. The van der Waals surface area contributed by atoms with Gasteiger partial charge in [-0.25, -0.2) is 9.78 Å². The van der Waals surface area contributed by atoms with Crippen molar-refractivity contribution in [3.05, 3.63) is 52.4 Å². The van der Waals surface area contributed by atoms with Crippen molar-refractivity contribution >= 4 is 35.2 Å². The monoisotopic (exact) mass is 694 g/mol. The number of aliphatic carboxylic acids is 1. The van der Waals surface area contributed by atoms with E-state index in [-0.39, 0.29) is 28.7 Å². The molecule has 3 aliphatic heterocycles. The van der Waals surface area contributed by atoms with Gasteiger partial charge in [0.2, 0.25) is 11.7 Å². The molecule has 0 aliphatic carbocycles. The lowest BCUT2D eigenvalue weighted by Crippen LogP contribution is -2.51. The van der Waals surface area contributed by atoms with E-state index in [1.165, 1.54) is 6.20 Å². The van der Waals surface area contributed by atoms with Crippen LogP contribution in [-0.4, -0.2) is 119 Å². The van der Waals surface area contributed by atoms with E-state index in [2.05, 4.69) is 32.2 Å². The van der Waals surface area contributed by atoms with E-state index in [0.29, 0.717) is 43.3 Å². The molecule has 0 bridgehead atoms. The lowest BCUT2D eigenvalue weighted by atomic mass is 9.94. The van der Waals surface area contributed by atoms with Crippen molar-refractivity contribution in [2.75, 3.05) is 64.5 Å².